The number of hydrogen-bond donors (Lipinski definition) is 1. The van der Waals surface area contributed by atoms with Crippen LogP contribution in [0.15, 0.2) is 54.6 Å². The van der Waals surface area contributed by atoms with Crippen molar-refractivity contribution in [3.8, 4) is 0 Å². The SMILES string of the molecule is CC1(C)S[C@@H]2c3ccccc3C(=O)N2[C@@H]1C(=O)N[C@H](C(=O)[O-])c1ccccc1. The van der Waals surface area contributed by atoms with Gasteiger partial charge in [-0.1, -0.05) is 48.5 Å². The molecule has 4 rings (SSSR count). The Bertz CT molecular complexity index is 960. The van der Waals surface area contributed by atoms with Gasteiger partial charge in [0, 0.05) is 10.3 Å². The highest BCUT2D eigenvalue weighted by atomic mass is 32.2. The first-order chi connectivity index (χ1) is 13.3. The summed E-state index contributed by atoms with van der Waals surface area (Å²) in [5.41, 5.74) is 1.90. The zero-order valence-electron chi connectivity index (χ0n) is 15.4. The van der Waals surface area contributed by atoms with Crippen molar-refractivity contribution in [3.63, 3.8) is 0 Å². The van der Waals surface area contributed by atoms with E-state index in [2.05, 4.69) is 5.32 Å². The maximum Gasteiger partial charge on any atom is 0.256 e. The van der Waals surface area contributed by atoms with Gasteiger partial charge >= 0.3 is 0 Å². The summed E-state index contributed by atoms with van der Waals surface area (Å²) in [7, 11) is 0. The predicted molar refractivity (Wildman–Crippen MR) is 103 cm³/mol. The number of carbonyl (C=O) groups excluding carboxylic acids is 3. The maximum atomic E-state index is 13.2. The average molecular weight is 395 g/mol. The largest absolute Gasteiger partial charge is 0.548 e. The van der Waals surface area contributed by atoms with Gasteiger partial charge in [0.15, 0.2) is 0 Å². The minimum Gasteiger partial charge on any atom is -0.548 e. The molecule has 28 heavy (non-hydrogen) atoms. The van der Waals surface area contributed by atoms with Crippen molar-refractivity contribution in [3.05, 3.63) is 71.3 Å². The molecule has 0 saturated carbocycles. The third kappa shape index (κ3) is 2.86. The molecule has 0 bridgehead atoms. The van der Waals surface area contributed by atoms with E-state index >= 15 is 0 Å². The van der Waals surface area contributed by atoms with E-state index in [-0.39, 0.29) is 11.3 Å². The molecular weight excluding hydrogens is 376 g/mol. The number of aliphatic carboxylic acids is 1. The van der Waals surface area contributed by atoms with Crippen molar-refractivity contribution in [2.24, 2.45) is 0 Å². The van der Waals surface area contributed by atoms with Crippen molar-refractivity contribution in [1.82, 2.24) is 10.2 Å². The Morgan fingerprint density at radius 3 is 2.43 bits per heavy atom. The van der Waals surface area contributed by atoms with E-state index in [0.717, 1.165) is 5.56 Å². The fourth-order valence-corrected chi connectivity index (χ4v) is 5.54. The number of carboxylic acids is 1. The Labute approximate surface area is 166 Å². The molecule has 0 aliphatic carbocycles. The van der Waals surface area contributed by atoms with E-state index in [1.165, 1.54) is 11.8 Å². The summed E-state index contributed by atoms with van der Waals surface area (Å²) < 4.78 is -0.578. The number of benzene rings is 2. The third-order valence-electron chi connectivity index (χ3n) is 5.20. The fourth-order valence-electron chi connectivity index (χ4n) is 3.95. The molecule has 2 aromatic carbocycles. The summed E-state index contributed by atoms with van der Waals surface area (Å²) in [5, 5.41) is 14.0. The Kier molecular flexibility index (Phi) is 4.42. The molecule has 7 heteroatoms. The van der Waals surface area contributed by atoms with E-state index in [1.807, 2.05) is 26.0 Å². The molecule has 0 aromatic heterocycles. The first-order valence-corrected chi connectivity index (χ1v) is 9.85. The molecule has 1 fully saturated rings. The highest BCUT2D eigenvalue weighted by molar-refractivity contribution is 8.01. The first-order valence-electron chi connectivity index (χ1n) is 8.97. The second kappa shape index (κ2) is 6.67. The minimum absolute atomic E-state index is 0.205. The number of carboxylic acid groups (broad SMARTS) is 1. The van der Waals surface area contributed by atoms with E-state index in [1.54, 1.807) is 47.4 Å². The molecule has 0 unspecified atom stereocenters. The quantitative estimate of drug-likeness (QED) is 0.850. The normalized spacial score (nSPS) is 23.1. The van der Waals surface area contributed by atoms with Crippen LogP contribution in [0.25, 0.3) is 0 Å². The van der Waals surface area contributed by atoms with Crippen molar-refractivity contribution in [2.45, 2.75) is 36.1 Å². The molecule has 1 saturated heterocycles. The molecule has 0 radical (unpaired) electrons. The lowest BCUT2D eigenvalue weighted by Gasteiger charge is -2.31. The second-order valence-corrected chi connectivity index (χ2v) is 9.18. The number of hydrogen-bond acceptors (Lipinski definition) is 5. The molecule has 3 atom stereocenters. The Morgan fingerprint density at radius 1 is 1.11 bits per heavy atom. The predicted octanol–water partition coefficient (Wildman–Crippen LogP) is 1.64. The van der Waals surface area contributed by atoms with E-state index in [0.29, 0.717) is 11.1 Å². The van der Waals surface area contributed by atoms with E-state index in [9.17, 15) is 19.5 Å². The molecule has 2 aromatic rings. The molecule has 2 heterocycles. The minimum atomic E-state index is -1.39. The van der Waals surface area contributed by atoms with Crippen molar-refractivity contribution in [1.29, 1.82) is 0 Å². The summed E-state index contributed by atoms with van der Waals surface area (Å²) >= 11 is 1.53. The van der Waals surface area contributed by atoms with Gasteiger partial charge in [0.1, 0.15) is 11.4 Å². The van der Waals surface area contributed by atoms with Crippen LogP contribution < -0.4 is 10.4 Å². The van der Waals surface area contributed by atoms with Crippen LogP contribution in [0.3, 0.4) is 0 Å². The molecule has 2 amide bonds. The fraction of sp³-hybridized carbons (Fsp3) is 0.286. The first kappa shape index (κ1) is 18.6. The zero-order chi connectivity index (χ0) is 20.1. The van der Waals surface area contributed by atoms with Gasteiger partial charge in [0.2, 0.25) is 5.91 Å². The van der Waals surface area contributed by atoms with Gasteiger partial charge in [-0.15, -0.1) is 11.8 Å². The van der Waals surface area contributed by atoms with Crippen molar-refractivity contribution >= 4 is 29.5 Å². The molecule has 2 aliphatic heterocycles. The van der Waals surface area contributed by atoms with Crippen molar-refractivity contribution in [2.75, 3.05) is 0 Å². The number of amides is 2. The third-order valence-corrected chi connectivity index (χ3v) is 6.74. The topological polar surface area (TPSA) is 89.5 Å². The van der Waals surface area contributed by atoms with Crippen LogP contribution in [0, 0.1) is 0 Å². The van der Waals surface area contributed by atoms with Crippen LogP contribution in [-0.4, -0.2) is 33.5 Å². The summed E-state index contributed by atoms with van der Waals surface area (Å²) in [6.07, 6.45) is 0. The summed E-state index contributed by atoms with van der Waals surface area (Å²) in [6, 6.07) is 13.6. The zero-order valence-corrected chi connectivity index (χ0v) is 16.2. The van der Waals surface area contributed by atoms with Gasteiger partial charge in [-0.25, -0.2) is 0 Å². The van der Waals surface area contributed by atoms with Crippen LogP contribution in [0.2, 0.25) is 0 Å². The summed E-state index contributed by atoms with van der Waals surface area (Å²) in [6.45, 7) is 3.79. The van der Waals surface area contributed by atoms with Crippen LogP contribution in [0.4, 0.5) is 0 Å². The number of carbonyl (C=O) groups is 3. The average Bonchev–Trinajstić information content (AvgIpc) is 3.10. The molecular formula is C21H19N2O4S-. The highest BCUT2D eigenvalue weighted by Gasteiger charge is 2.57. The van der Waals surface area contributed by atoms with Crippen LogP contribution in [-0.2, 0) is 9.59 Å². The monoisotopic (exact) mass is 395 g/mol. The van der Waals surface area contributed by atoms with Gasteiger partial charge in [0.25, 0.3) is 5.91 Å². The van der Waals surface area contributed by atoms with E-state index in [4.69, 9.17) is 0 Å². The lowest BCUT2D eigenvalue weighted by Crippen LogP contribution is -2.54. The second-order valence-electron chi connectivity index (χ2n) is 7.45. The summed E-state index contributed by atoms with van der Waals surface area (Å²) in [5.74, 6) is -2.10. The molecule has 2 aliphatic rings. The Morgan fingerprint density at radius 2 is 1.75 bits per heavy atom. The smallest absolute Gasteiger partial charge is 0.256 e. The van der Waals surface area contributed by atoms with Crippen LogP contribution in [0.5, 0.6) is 0 Å². The Balaban J connectivity index is 1.65. The lowest BCUT2D eigenvalue weighted by molar-refractivity contribution is -0.308. The van der Waals surface area contributed by atoms with Crippen molar-refractivity contribution < 1.29 is 19.5 Å². The number of fused-ring (bicyclic) bond motifs is 3. The molecule has 1 N–H and O–H groups in total. The number of rotatable bonds is 4. The number of nitrogens with zero attached hydrogens (tertiary/aromatic N) is 1. The summed E-state index contributed by atoms with van der Waals surface area (Å²) in [4.78, 5) is 39.4. The van der Waals surface area contributed by atoms with Gasteiger partial charge in [-0.3, -0.25) is 9.59 Å². The van der Waals surface area contributed by atoms with Crippen LogP contribution in [0.1, 0.15) is 46.7 Å². The van der Waals surface area contributed by atoms with Gasteiger partial charge < -0.3 is 20.1 Å². The molecule has 144 valence electrons. The number of thioether (sulfide) groups is 1. The number of nitrogens with one attached hydrogen (secondary N) is 1. The highest BCUT2D eigenvalue weighted by Crippen LogP contribution is 2.56. The van der Waals surface area contributed by atoms with E-state index < -0.39 is 28.7 Å². The van der Waals surface area contributed by atoms with Crippen LogP contribution >= 0.6 is 11.8 Å². The maximum absolute atomic E-state index is 13.2. The van der Waals surface area contributed by atoms with Gasteiger partial charge in [-0.05, 0) is 31.0 Å². The standard InChI is InChI=1S/C21H20N2O4S/c1-21(2)16(17(24)22-15(20(26)27)12-8-4-3-5-9-12)23-18(25)13-10-6-7-11-14(13)19(23)28-21/h3-11,15-16,19H,1-2H3,(H,22,24)(H,26,27)/p-1/t15-,16+,19+/m0/s1. The molecule has 0 spiro atoms. The van der Waals surface area contributed by atoms with Gasteiger partial charge in [-0.2, -0.15) is 0 Å². The Hall–Kier alpha value is -2.80. The lowest BCUT2D eigenvalue weighted by atomic mass is 9.99. The van der Waals surface area contributed by atoms with Gasteiger partial charge in [0.05, 0.1) is 12.0 Å². The molecule has 6 nitrogen and oxygen atoms in total.